The molecule has 3 N–H and O–H groups in total. The van der Waals surface area contributed by atoms with E-state index in [0.29, 0.717) is 27.9 Å². The predicted octanol–water partition coefficient (Wildman–Crippen LogP) is 3.21. The fraction of sp³-hybridized carbons (Fsp3) is 0. The van der Waals surface area contributed by atoms with Gasteiger partial charge in [0.15, 0.2) is 0 Å². The van der Waals surface area contributed by atoms with Gasteiger partial charge in [0.1, 0.15) is 5.75 Å². The van der Waals surface area contributed by atoms with Crippen molar-refractivity contribution in [2.24, 2.45) is 0 Å². The predicted molar refractivity (Wildman–Crippen MR) is 76.8 cm³/mol. The van der Waals surface area contributed by atoms with Crippen molar-refractivity contribution in [2.45, 2.75) is 0 Å². The van der Waals surface area contributed by atoms with Crippen molar-refractivity contribution in [1.29, 1.82) is 0 Å². The first-order chi connectivity index (χ1) is 9.54. The molecule has 0 aliphatic rings. The minimum atomic E-state index is -1.02. The topological polar surface area (TPSA) is 85.4 Å². The molecule has 0 radical (unpaired) electrons. The van der Waals surface area contributed by atoms with Crippen LogP contribution in [0.5, 0.6) is 11.6 Å². The van der Waals surface area contributed by atoms with Crippen LogP contribution in [0.4, 0.5) is 5.69 Å². The average molecular weight is 291 g/mol. The summed E-state index contributed by atoms with van der Waals surface area (Å²) in [5.41, 5.74) is 6.73. The smallest absolute Gasteiger partial charge is 0.328 e. The third-order valence-electron chi connectivity index (χ3n) is 2.35. The molecule has 20 heavy (non-hydrogen) atoms. The molecule has 5 nitrogen and oxygen atoms in total. The standard InChI is InChI=1S/C14H11ClN2O3/c15-11-7-9(2-6-14(18)19)1-4-12(11)20-13-5-3-10(16)8-17-13/h1-8H,16H2,(H,18,19). The van der Waals surface area contributed by atoms with Gasteiger partial charge < -0.3 is 15.6 Å². The second-order valence-corrected chi connectivity index (χ2v) is 4.30. The molecule has 6 heteroatoms. The first-order valence-corrected chi connectivity index (χ1v) is 6.02. The van der Waals surface area contributed by atoms with Crippen LogP contribution >= 0.6 is 11.6 Å². The van der Waals surface area contributed by atoms with E-state index in [1.54, 1.807) is 30.3 Å². The van der Waals surface area contributed by atoms with Crippen LogP contribution in [0.25, 0.3) is 6.08 Å². The lowest BCUT2D eigenvalue weighted by atomic mass is 10.2. The molecule has 1 heterocycles. The summed E-state index contributed by atoms with van der Waals surface area (Å²) in [6.07, 6.45) is 3.96. The number of pyridine rings is 1. The van der Waals surface area contributed by atoms with E-state index in [9.17, 15) is 4.79 Å². The van der Waals surface area contributed by atoms with Crippen molar-refractivity contribution in [3.8, 4) is 11.6 Å². The van der Waals surface area contributed by atoms with Gasteiger partial charge in [-0.2, -0.15) is 0 Å². The van der Waals surface area contributed by atoms with Gasteiger partial charge in [-0.3, -0.25) is 0 Å². The summed E-state index contributed by atoms with van der Waals surface area (Å²) >= 11 is 6.07. The molecule has 0 unspecified atom stereocenters. The van der Waals surface area contributed by atoms with Crippen molar-refractivity contribution in [3.63, 3.8) is 0 Å². The zero-order chi connectivity index (χ0) is 14.5. The number of rotatable bonds is 4. The average Bonchev–Trinajstić information content (AvgIpc) is 2.41. The van der Waals surface area contributed by atoms with Crippen molar-refractivity contribution >= 4 is 29.3 Å². The van der Waals surface area contributed by atoms with Gasteiger partial charge >= 0.3 is 5.97 Å². The molecule has 102 valence electrons. The van der Waals surface area contributed by atoms with Gasteiger partial charge in [0, 0.05) is 12.1 Å². The normalized spacial score (nSPS) is 10.7. The summed E-state index contributed by atoms with van der Waals surface area (Å²) in [6, 6.07) is 8.23. The van der Waals surface area contributed by atoms with Crippen LogP contribution in [0.15, 0.2) is 42.6 Å². The number of carboxylic acids is 1. The molecular formula is C14H11ClN2O3. The minimum absolute atomic E-state index is 0.358. The number of halogens is 1. The lowest BCUT2D eigenvalue weighted by Crippen LogP contribution is -1.91. The number of aromatic nitrogens is 1. The zero-order valence-electron chi connectivity index (χ0n) is 10.3. The number of nitrogens with zero attached hydrogens (tertiary/aromatic N) is 1. The molecule has 0 fully saturated rings. The van der Waals surface area contributed by atoms with Gasteiger partial charge in [0.25, 0.3) is 0 Å². The van der Waals surface area contributed by atoms with Crippen LogP contribution in [0, 0.1) is 0 Å². The second kappa shape index (κ2) is 6.08. The van der Waals surface area contributed by atoms with Gasteiger partial charge in [0.2, 0.25) is 5.88 Å². The third kappa shape index (κ3) is 3.73. The van der Waals surface area contributed by atoms with E-state index in [1.807, 2.05) is 0 Å². The van der Waals surface area contributed by atoms with Crippen LogP contribution in [0.2, 0.25) is 5.02 Å². The fourth-order valence-electron chi connectivity index (χ4n) is 1.44. The molecule has 0 atom stereocenters. The van der Waals surface area contributed by atoms with Gasteiger partial charge in [-0.15, -0.1) is 0 Å². The summed E-state index contributed by atoms with van der Waals surface area (Å²) in [5.74, 6) is -0.223. The molecule has 0 saturated carbocycles. The molecule has 0 amide bonds. The molecule has 1 aromatic heterocycles. The summed E-state index contributed by atoms with van der Waals surface area (Å²) < 4.78 is 5.51. The Balaban J connectivity index is 2.17. The summed E-state index contributed by atoms with van der Waals surface area (Å²) in [7, 11) is 0. The second-order valence-electron chi connectivity index (χ2n) is 3.89. The Bertz CT molecular complexity index is 654. The third-order valence-corrected chi connectivity index (χ3v) is 2.64. The maximum Gasteiger partial charge on any atom is 0.328 e. The Morgan fingerprint density at radius 3 is 2.75 bits per heavy atom. The highest BCUT2D eigenvalue weighted by Gasteiger charge is 2.04. The van der Waals surface area contributed by atoms with Crippen LogP contribution in [-0.2, 0) is 4.79 Å². The first kappa shape index (κ1) is 13.9. The van der Waals surface area contributed by atoms with E-state index >= 15 is 0 Å². The maximum atomic E-state index is 10.4. The van der Waals surface area contributed by atoms with Gasteiger partial charge in [-0.25, -0.2) is 9.78 Å². The Hall–Kier alpha value is -2.53. The lowest BCUT2D eigenvalue weighted by Gasteiger charge is -2.07. The van der Waals surface area contributed by atoms with Crippen molar-refractivity contribution in [3.05, 3.63) is 53.2 Å². The number of benzene rings is 1. The Morgan fingerprint density at radius 2 is 2.15 bits per heavy atom. The molecule has 0 aliphatic carbocycles. The number of carboxylic acid groups (broad SMARTS) is 1. The Labute approximate surface area is 120 Å². The number of anilines is 1. The van der Waals surface area contributed by atoms with Crippen LogP contribution in [0.3, 0.4) is 0 Å². The summed E-state index contributed by atoms with van der Waals surface area (Å²) in [6.45, 7) is 0. The summed E-state index contributed by atoms with van der Waals surface area (Å²) in [5, 5.41) is 8.91. The summed E-state index contributed by atoms with van der Waals surface area (Å²) in [4.78, 5) is 14.4. The van der Waals surface area contributed by atoms with Crippen LogP contribution in [0.1, 0.15) is 5.56 Å². The first-order valence-electron chi connectivity index (χ1n) is 5.64. The van der Waals surface area contributed by atoms with E-state index < -0.39 is 5.97 Å². The fourth-order valence-corrected chi connectivity index (χ4v) is 1.66. The van der Waals surface area contributed by atoms with Gasteiger partial charge in [-0.1, -0.05) is 17.7 Å². The number of nitrogens with two attached hydrogens (primary N) is 1. The number of hydrogen-bond acceptors (Lipinski definition) is 4. The highest BCUT2D eigenvalue weighted by molar-refractivity contribution is 6.32. The highest BCUT2D eigenvalue weighted by Crippen LogP contribution is 2.29. The SMILES string of the molecule is Nc1ccc(Oc2ccc(C=CC(=O)O)cc2Cl)nc1. The van der Waals surface area contributed by atoms with Gasteiger partial charge in [0.05, 0.1) is 16.9 Å². The van der Waals surface area contributed by atoms with Gasteiger partial charge in [-0.05, 0) is 29.8 Å². The highest BCUT2D eigenvalue weighted by atomic mass is 35.5. The van der Waals surface area contributed by atoms with E-state index in [1.165, 1.54) is 12.3 Å². The largest absolute Gasteiger partial charge is 0.478 e. The van der Waals surface area contributed by atoms with E-state index in [2.05, 4.69) is 4.98 Å². The quantitative estimate of drug-likeness (QED) is 0.845. The Kier molecular flexibility index (Phi) is 4.22. The van der Waals surface area contributed by atoms with E-state index in [4.69, 9.17) is 27.2 Å². The van der Waals surface area contributed by atoms with Crippen molar-refractivity contribution < 1.29 is 14.6 Å². The van der Waals surface area contributed by atoms with E-state index in [0.717, 1.165) is 6.08 Å². The molecule has 1 aromatic carbocycles. The van der Waals surface area contributed by atoms with Crippen LogP contribution < -0.4 is 10.5 Å². The van der Waals surface area contributed by atoms with E-state index in [-0.39, 0.29) is 0 Å². The Morgan fingerprint density at radius 1 is 1.35 bits per heavy atom. The molecule has 0 bridgehead atoms. The van der Waals surface area contributed by atoms with Crippen molar-refractivity contribution in [1.82, 2.24) is 4.98 Å². The zero-order valence-corrected chi connectivity index (χ0v) is 11.0. The number of aliphatic carboxylic acids is 1. The minimum Gasteiger partial charge on any atom is -0.478 e. The number of carbonyl (C=O) groups is 1. The maximum absolute atomic E-state index is 10.4. The molecule has 0 spiro atoms. The lowest BCUT2D eigenvalue weighted by molar-refractivity contribution is -0.131. The number of hydrogen-bond donors (Lipinski definition) is 2. The monoisotopic (exact) mass is 290 g/mol. The number of ether oxygens (including phenoxy) is 1. The molecule has 2 aromatic rings. The molecular weight excluding hydrogens is 280 g/mol. The molecule has 0 aliphatic heterocycles. The van der Waals surface area contributed by atoms with Crippen LogP contribution in [-0.4, -0.2) is 16.1 Å². The molecule has 0 saturated heterocycles. The van der Waals surface area contributed by atoms with Crippen molar-refractivity contribution in [2.75, 3.05) is 5.73 Å². The molecule has 2 rings (SSSR count). The number of nitrogen functional groups attached to an aromatic ring is 1.